The molecule has 0 radical (unpaired) electrons. The quantitative estimate of drug-likeness (QED) is 0.518. The van der Waals surface area contributed by atoms with Gasteiger partial charge in [-0.1, -0.05) is 12.1 Å². The number of carbonyl (C=O) groups is 1. The van der Waals surface area contributed by atoms with Crippen molar-refractivity contribution in [3.05, 3.63) is 46.1 Å². The Morgan fingerprint density at radius 1 is 1.36 bits per heavy atom. The van der Waals surface area contributed by atoms with Crippen molar-refractivity contribution in [2.75, 3.05) is 13.2 Å². The second-order valence-corrected chi connectivity index (χ2v) is 5.94. The third-order valence-electron chi connectivity index (χ3n) is 3.75. The number of hydrogen-bond acceptors (Lipinski definition) is 7. The number of ketones is 1. The molecular formula is C16H14F3N3O6. The second kappa shape index (κ2) is 7.84. The number of imidazole rings is 1. The highest BCUT2D eigenvalue weighted by Gasteiger charge is 2.31. The summed E-state index contributed by atoms with van der Waals surface area (Å²) < 4.78 is 52.3. The molecule has 28 heavy (non-hydrogen) atoms. The van der Waals surface area contributed by atoms with Gasteiger partial charge >= 0.3 is 18.2 Å². The SMILES string of the molecule is O=C(CO[C@@H]1COc2nc([N+](=O)[O-])cn2C1)Cc1ccc(OC(F)(F)F)cc1. The highest BCUT2D eigenvalue weighted by Crippen LogP contribution is 2.24. The van der Waals surface area contributed by atoms with E-state index in [2.05, 4.69) is 9.72 Å². The normalized spacial score (nSPS) is 16.2. The van der Waals surface area contributed by atoms with Crippen LogP contribution in [-0.2, 0) is 22.5 Å². The zero-order valence-corrected chi connectivity index (χ0v) is 14.2. The monoisotopic (exact) mass is 401 g/mol. The van der Waals surface area contributed by atoms with Gasteiger partial charge in [0, 0.05) is 11.4 Å². The van der Waals surface area contributed by atoms with Gasteiger partial charge in [0.15, 0.2) is 5.78 Å². The molecule has 1 atom stereocenters. The summed E-state index contributed by atoms with van der Waals surface area (Å²) in [5.74, 6) is -0.999. The van der Waals surface area contributed by atoms with Crippen molar-refractivity contribution in [1.82, 2.24) is 9.55 Å². The van der Waals surface area contributed by atoms with Crippen LogP contribution in [0, 0.1) is 10.1 Å². The average Bonchev–Trinajstić information content (AvgIpc) is 3.04. The van der Waals surface area contributed by atoms with Gasteiger partial charge in [-0.2, -0.15) is 0 Å². The zero-order valence-electron chi connectivity index (χ0n) is 14.2. The highest BCUT2D eigenvalue weighted by atomic mass is 19.4. The third-order valence-corrected chi connectivity index (χ3v) is 3.75. The Bertz CT molecular complexity index is 865. The minimum Gasteiger partial charge on any atom is -0.443 e. The molecule has 0 unspecified atom stereocenters. The minimum absolute atomic E-state index is 0.0261. The van der Waals surface area contributed by atoms with Crippen molar-refractivity contribution < 1.29 is 37.1 Å². The number of rotatable bonds is 7. The predicted octanol–water partition coefficient (Wildman–Crippen LogP) is 2.28. The van der Waals surface area contributed by atoms with Crippen molar-refractivity contribution in [1.29, 1.82) is 0 Å². The maximum Gasteiger partial charge on any atom is 0.573 e. The third kappa shape index (κ3) is 5.19. The standard InChI is InChI=1S/C16H14F3N3O6/c17-16(18,19)28-12-3-1-10(2-4-12)5-11(23)8-26-13-6-21-7-14(22(24)25)20-15(21)27-9-13/h1-4,7,13H,5-6,8-9H2/t13-/m0/s1. The molecule has 1 aliphatic heterocycles. The van der Waals surface area contributed by atoms with E-state index >= 15 is 0 Å². The van der Waals surface area contributed by atoms with Gasteiger partial charge in [-0.15, -0.1) is 13.2 Å². The van der Waals surface area contributed by atoms with Gasteiger partial charge in [-0.3, -0.25) is 9.36 Å². The van der Waals surface area contributed by atoms with E-state index in [1.54, 1.807) is 0 Å². The highest BCUT2D eigenvalue weighted by molar-refractivity contribution is 5.82. The molecule has 0 amide bonds. The summed E-state index contributed by atoms with van der Waals surface area (Å²) in [5.41, 5.74) is 0.510. The molecule has 0 N–H and O–H groups in total. The lowest BCUT2D eigenvalue weighted by Crippen LogP contribution is -2.33. The van der Waals surface area contributed by atoms with Crippen molar-refractivity contribution in [2.24, 2.45) is 0 Å². The zero-order chi connectivity index (χ0) is 20.3. The van der Waals surface area contributed by atoms with Crippen LogP contribution >= 0.6 is 0 Å². The van der Waals surface area contributed by atoms with Gasteiger partial charge in [0.1, 0.15) is 31.3 Å². The fraction of sp³-hybridized carbons (Fsp3) is 0.375. The van der Waals surface area contributed by atoms with Gasteiger partial charge in [0.25, 0.3) is 0 Å². The first-order valence-electron chi connectivity index (χ1n) is 8.02. The molecule has 1 aliphatic rings. The molecule has 0 fully saturated rings. The Morgan fingerprint density at radius 3 is 2.71 bits per heavy atom. The van der Waals surface area contributed by atoms with Crippen LogP contribution < -0.4 is 9.47 Å². The van der Waals surface area contributed by atoms with Crippen LogP contribution in [0.15, 0.2) is 30.5 Å². The lowest BCUT2D eigenvalue weighted by Gasteiger charge is -2.22. The van der Waals surface area contributed by atoms with Gasteiger partial charge in [0.2, 0.25) is 0 Å². The molecule has 150 valence electrons. The number of carbonyl (C=O) groups excluding carboxylic acids is 1. The number of ether oxygens (including phenoxy) is 3. The maximum atomic E-state index is 12.1. The molecule has 1 aromatic carbocycles. The number of hydrogen-bond donors (Lipinski definition) is 0. The van der Waals surface area contributed by atoms with Gasteiger partial charge < -0.3 is 24.3 Å². The summed E-state index contributed by atoms with van der Waals surface area (Å²) in [5, 5.41) is 10.7. The van der Waals surface area contributed by atoms with Crippen LogP contribution in [0.3, 0.4) is 0 Å². The van der Waals surface area contributed by atoms with E-state index in [1.165, 1.54) is 22.9 Å². The summed E-state index contributed by atoms with van der Waals surface area (Å²) in [7, 11) is 0. The van der Waals surface area contributed by atoms with E-state index < -0.39 is 17.4 Å². The summed E-state index contributed by atoms with van der Waals surface area (Å²) in [4.78, 5) is 25.8. The molecule has 9 nitrogen and oxygen atoms in total. The Balaban J connectivity index is 1.47. The first-order chi connectivity index (χ1) is 13.2. The fourth-order valence-electron chi connectivity index (χ4n) is 2.56. The summed E-state index contributed by atoms with van der Waals surface area (Å²) in [6, 6.07) is 5.08. The van der Waals surface area contributed by atoms with Crippen LogP contribution in [0.1, 0.15) is 5.56 Å². The number of nitro groups is 1. The summed E-state index contributed by atoms with van der Waals surface area (Å²) in [6.45, 7) is 0.0960. The van der Waals surface area contributed by atoms with E-state index in [1.807, 2.05) is 0 Å². The van der Waals surface area contributed by atoms with Gasteiger partial charge in [0.05, 0.1) is 6.54 Å². The van der Waals surface area contributed by atoms with E-state index in [0.29, 0.717) is 5.56 Å². The van der Waals surface area contributed by atoms with E-state index in [4.69, 9.17) is 9.47 Å². The van der Waals surface area contributed by atoms with E-state index in [9.17, 15) is 28.1 Å². The van der Waals surface area contributed by atoms with E-state index in [0.717, 1.165) is 12.1 Å². The van der Waals surface area contributed by atoms with Gasteiger partial charge in [-0.05, 0) is 22.6 Å². The molecule has 12 heteroatoms. The molecule has 0 saturated carbocycles. The molecular weight excluding hydrogens is 387 g/mol. The fourth-order valence-corrected chi connectivity index (χ4v) is 2.56. The van der Waals surface area contributed by atoms with E-state index in [-0.39, 0.29) is 49.5 Å². The van der Waals surface area contributed by atoms with Crippen LogP contribution in [0.5, 0.6) is 11.8 Å². The van der Waals surface area contributed by atoms with Crippen molar-refractivity contribution in [3.63, 3.8) is 0 Å². The second-order valence-electron chi connectivity index (χ2n) is 5.94. The van der Waals surface area contributed by atoms with Crippen molar-refractivity contribution in [2.45, 2.75) is 25.4 Å². The van der Waals surface area contributed by atoms with Crippen LogP contribution in [-0.4, -0.2) is 45.9 Å². The largest absolute Gasteiger partial charge is 0.573 e. The van der Waals surface area contributed by atoms with Crippen molar-refractivity contribution in [3.8, 4) is 11.8 Å². The predicted molar refractivity (Wildman–Crippen MR) is 86.0 cm³/mol. The molecule has 0 aliphatic carbocycles. The number of Topliss-reactive ketones (excluding diaryl/α,β-unsaturated/α-hetero) is 1. The molecule has 2 aromatic rings. The Hall–Kier alpha value is -3.15. The molecule has 0 spiro atoms. The van der Waals surface area contributed by atoms with Gasteiger partial charge in [-0.25, -0.2) is 0 Å². The lowest BCUT2D eigenvalue weighted by molar-refractivity contribution is -0.389. The van der Waals surface area contributed by atoms with Crippen LogP contribution in [0.4, 0.5) is 19.0 Å². The number of alkyl halides is 3. The number of benzene rings is 1. The van der Waals surface area contributed by atoms with Crippen LogP contribution in [0.2, 0.25) is 0 Å². The minimum atomic E-state index is -4.78. The van der Waals surface area contributed by atoms with Crippen molar-refractivity contribution >= 4 is 11.6 Å². The number of aromatic nitrogens is 2. The molecule has 1 aromatic heterocycles. The Labute approximate surface area is 155 Å². The summed E-state index contributed by atoms with van der Waals surface area (Å²) in [6.07, 6.45) is -4.07. The average molecular weight is 401 g/mol. The first-order valence-corrected chi connectivity index (χ1v) is 8.02. The Kier molecular flexibility index (Phi) is 5.49. The number of fused-ring (bicyclic) bond motifs is 1. The maximum absolute atomic E-state index is 12.1. The number of halogens is 3. The first kappa shape index (κ1) is 19.6. The topological polar surface area (TPSA) is 106 Å². The number of nitrogens with zero attached hydrogens (tertiary/aromatic N) is 3. The lowest BCUT2D eigenvalue weighted by atomic mass is 10.1. The molecule has 3 rings (SSSR count). The molecule has 2 heterocycles. The van der Waals surface area contributed by atoms with Crippen LogP contribution in [0.25, 0.3) is 0 Å². The molecule has 0 saturated heterocycles. The molecule has 0 bridgehead atoms. The summed E-state index contributed by atoms with van der Waals surface area (Å²) >= 11 is 0. The Morgan fingerprint density at radius 2 is 2.07 bits per heavy atom. The smallest absolute Gasteiger partial charge is 0.443 e.